The van der Waals surface area contributed by atoms with Crippen molar-refractivity contribution in [3.63, 3.8) is 0 Å². The first-order chi connectivity index (χ1) is 10.9. The molecule has 5 nitrogen and oxygen atoms in total. The van der Waals surface area contributed by atoms with Crippen LogP contribution in [0, 0.1) is 5.92 Å². The summed E-state index contributed by atoms with van der Waals surface area (Å²) in [4.78, 5) is 25.4. The van der Waals surface area contributed by atoms with Gasteiger partial charge in [0.05, 0.1) is 11.7 Å². The van der Waals surface area contributed by atoms with Gasteiger partial charge in [0.1, 0.15) is 0 Å². The van der Waals surface area contributed by atoms with Crippen molar-refractivity contribution in [1.82, 2.24) is 4.90 Å². The average Bonchev–Trinajstić information content (AvgIpc) is 2.49. The van der Waals surface area contributed by atoms with Crippen molar-refractivity contribution in [2.45, 2.75) is 32.2 Å². The van der Waals surface area contributed by atoms with Crippen LogP contribution in [0.3, 0.4) is 0 Å². The number of nitrogens with one attached hydrogen (secondary N) is 1. The lowest BCUT2D eigenvalue weighted by molar-refractivity contribution is -0.138. The van der Waals surface area contributed by atoms with Crippen molar-refractivity contribution in [1.29, 1.82) is 0 Å². The molecular formula is C16H21Br2ClN2O3. The monoisotopic (exact) mass is 482 g/mol. The molecule has 0 aliphatic carbocycles. The van der Waals surface area contributed by atoms with Crippen LogP contribution >= 0.6 is 44.3 Å². The molecule has 8 heteroatoms. The summed E-state index contributed by atoms with van der Waals surface area (Å²) in [6.07, 6.45) is 2.01. The van der Waals surface area contributed by atoms with E-state index in [9.17, 15) is 9.59 Å². The Kier molecular flexibility index (Phi) is 8.70. The molecule has 1 fully saturated rings. The SMILES string of the molecule is CC(C(=O)Nc1ccc(Br)cc1Br)N1CCCC(CC(=O)O)C1.Cl. The van der Waals surface area contributed by atoms with Gasteiger partial charge in [-0.15, -0.1) is 12.4 Å². The van der Waals surface area contributed by atoms with Crippen LogP contribution in [0.4, 0.5) is 5.69 Å². The number of hydrogen-bond donors (Lipinski definition) is 2. The molecule has 1 heterocycles. The summed E-state index contributed by atoms with van der Waals surface area (Å²) in [6, 6.07) is 5.29. The van der Waals surface area contributed by atoms with Gasteiger partial charge < -0.3 is 10.4 Å². The van der Waals surface area contributed by atoms with E-state index in [1.807, 2.05) is 25.1 Å². The standard InChI is InChI=1S/C16H20Br2N2O3.ClH/c1-10(20-6-2-3-11(9-20)7-15(21)22)16(23)19-14-5-4-12(17)8-13(14)18;/h4-5,8,10-11H,2-3,6-7,9H2,1H3,(H,19,23)(H,21,22);1H. The number of halogens is 3. The number of piperidine rings is 1. The number of rotatable bonds is 5. The van der Waals surface area contributed by atoms with Crippen LogP contribution in [-0.2, 0) is 9.59 Å². The van der Waals surface area contributed by atoms with Gasteiger partial charge in [-0.2, -0.15) is 0 Å². The van der Waals surface area contributed by atoms with Crippen LogP contribution in [0.2, 0.25) is 0 Å². The fourth-order valence-corrected chi connectivity index (χ4v) is 4.00. The highest BCUT2D eigenvalue weighted by Gasteiger charge is 2.28. The third-order valence-corrected chi connectivity index (χ3v) is 5.28. The van der Waals surface area contributed by atoms with E-state index in [0.717, 1.165) is 34.0 Å². The Balaban J connectivity index is 0.00000288. The lowest BCUT2D eigenvalue weighted by Gasteiger charge is -2.35. The van der Waals surface area contributed by atoms with Gasteiger partial charge in [-0.05, 0) is 66.4 Å². The summed E-state index contributed by atoms with van der Waals surface area (Å²) >= 11 is 6.82. The van der Waals surface area contributed by atoms with Gasteiger partial charge in [-0.25, -0.2) is 0 Å². The number of carboxylic acid groups (broad SMARTS) is 1. The average molecular weight is 485 g/mol. The number of aliphatic carboxylic acids is 1. The Labute approximate surface area is 164 Å². The van der Waals surface area contributed by atoms with E-state index < -0.39 is 5.97 Å². The van der Waals surface area contributed by atoms with Gasteiger partial charge >= 0.3 is 5.97 Å². The van der Waals surface area contributed by atoms with Gasteiger partial charge in [0, 0.05) is 21.9 Å². The van der Waals surface area contributed by atoms with Crippen LogP contribution in [-0.4, -0.2) is 41.0 Å². The van der Waals surface area contributed by atoms with E-state index in [1.165, 1.54) is 0 Å². The number of anilines is 1. The molecule has 2 rings (SSSR count). The molecule has 1 aliphatic rings. The molecule has 0 bridgehead atoms. The van der Waals surface area contributed by atoms with E-state index in [2.05, 4.69) is 42.1 Å². The summed E-state index contributed by atoms with van der Waals surface area (Å²) in [5, 5.41) is 11.9. The number of nitrogens with zero attached hydrogens (tertiary/aromatic N) is 1. The summed E-state index contributed by atoms with van der Waals surface area (Å²) in [5.41, 5.74) is 0.726. The quantitative estimate of drug-likeness (QED) is 0.659. The van der Waals surface area contributed by atoms with Gasteiger partial charge in [0.15, 0.2) is 0 Å². The molecule has 2 unspecified atom stereocenters. The second-order valence-electron chi connectivity index (χ2n) is 5.89. The predicted molar refractivity (Wildman–Crippen MR) is 104 cm³/mol. The van der Waals surface area contributed by atoms with Gasteiger partial charge in [-0.1, -0.05) is 15.9 Å². The first-order valence-corrected chi connectivity index (χ1v) is 9.17. The number of hydrogen-bond acceptors (Lipinski definition) is 3. The first-order valence-electron chi connectivity index (χ1n) is 7.58. The maximum absolute atomic E-state index is 12.5. The minimum Gasteiger partial charge on any atom is -0.481 e. The van der Waals surface area contributed by atoms with Crippen molar-refractivity contribution >= 4 is 61.8 Å². The largest absolute Gasteiger partial charge is 0.481 e. The molecule has 1 aliphatic heterocycles. The van der Waals surface area contributed by atoms with E-state index >= 15 is 0 Å². The number of amides is 1. The van der Waals surface area contributed by atoms with Gasteiger partial charge in [-0.3, -0.25) is 14.5 Å². The maximum Gasteiger partial charge on any atom is 0.303 e. The Morgan fingerprint density at radius 1 is 1.42 bits per heavy atom. The number of carboxylic acids is 1. The minimum atomic E-state index is -0.771. The molecule has 0 saturated carbocycles. The third kappa shape index (κ3) is 6.02. The third-order valence-electron chi connectivity index (χ3n) is 4.13. The lowest BCUT2D eigenvalue weighted by atomic mass is 9.94. The molecule has 1 aromatic carbocycles. The Bertz CT molecular complexity index is 601. The molecule has 0 aromatic heterocycles. The molecule has 134 valence electrons. The molecular weight excluding hydrogens is 463 g/mol. The van der Waals surface area contributed by atoms with Crippen molar-refractivity contribution in [2.24, 2.45) is 5.92 Å². The van der Waals surface area contributed by atoms with Crippen molar-refractivity contribution < 1.29 is 14.7 Å². The zero-order valence-electron chi connectivity index (χ0n) is 13.3. The zero-order valence-corrected chi connectivity index (χ0v) is 17.3. The summed E-state index contributed by atoms with van der Waals surface area (Å²) in [6.45, 7) is 3.35. The van der Waals surface area contributed by atoms with E-state index in [4.69, 9.17) is 5.11 Å². The van der Waals surface area contributed by atoms with Crippen molar-refractivity contribution in [2.75, 3.05) is 18.4 Å². The molecule has 1 amide bonds. The second-order valence-corrected chi connectivity index (χ2v) is 7.66. The number of carbonyl (C=O) groups excluding carboxylic acids is 1. The normalized spacial score (nSPS) is 19.2. The Morgan fingerprint density at radius 2 is 2.12 bits per heavy atom. The number of carbonyl (C=O) groups is 2. The molecule has 0 spiro atoms. The lowest BCUT2D eigenvalue weighted by Crippen LogP contribution is -2.47. The highest BCUT2D eigenvalue weighted by Crippen LogP contribution is 2.27. The van der Waals surface area contributed by atoms with Crippen LogP contribution in [0.25, 0.3) is 0 Å². The van der Waals surface area contributed by atoms with Gasteiger partial charge in [0.2, 0.25) is 5.91 Å². The molecule has 1 aromatic rings. The second kappa shape index (κ2) is 9.75. The summed E-state index contributed by atoms with van der Waals surface area (Å²) < 4.78 is 1.75. The Morgan fingerprint density at radius 3 is 2.75 bits per heavy atom. The highest BCUT2D eigenvalue weighted by molar-refractivity contribution is 9.11. The number of benzene rings is 1. The van der Waals surface area contributed by atoms with E-state index in [-0.39, 0.29) is 36.7 Å². The minimum absolute atomic E-state index is 0. The molecule has 2 N–H and O–H groups in total. The fourth-order valence-electron chi connectivity index (χ4n) is 2.86. The van der Waals surface area contributed by atoms with Crippen LogP contribution in [0.5, 0.6) is 0 Å². The smallest absolute Gasteiger partial charge is 0.303 e. The number of likely N-dealkylation sites (tertiary alicyclic amines) is 1. The van der Waals surface area contributed by atoms with Crippen LogP contribution in [0.1, 0.15) is 26.2 Å². The van der Waals surface area contributed by atoms with Gasteiger partial charge in [0.25, 0.3) is 0 Å². The fraction of sp³-hybridized carbons (Fsp3) is 0.500. The predicted octanol–water partition coefficient (Wildman–Crippen LogP) is 4.15. The van der Waals surface area contributed by atoms with Crippen LogP contribution in [0.15, 0.2) is 27.1 Å². The first kappa shape index (κ1) is 21.4. The topological polar surface area (TPSA) is 69.6 Å². The highest BCUT2D eigenvalue weighted by atomic mass is 79.9. The molecule has 0 radical (unpaired) electrons. The van der Waals surface area contributed by atoms with E-state index in [1.54, 1.807) is 0 Å². The van der Waals surface area contributed by atoms with Crippen molar-refractivity contribution in [3.05, 3.63) is 27.1 Å². The summed E-state index contributed by atoms with van der Waals surface area (Å²) in [7, 11) is 0. The molecule has 1 saturated heterocycles. The Hall–Kier alpha value is -0.630. The van der Waals surface area contributed by atoms with Crippen molar-refractivity contribution in [3.8, 4) is 0 Å². The maximum atomic E-state index is 12.5. The van der Waals surface area contributed by atoms with Crippen LogP contribution < -0.4 is 5.32 Å². The summed E-state index contributed by atoms with van der Waals surface area (Å²) in [5.74, 6) is -0.729. The van der Waals surface area contributed by atoms with E-state index in [0.29, 0.717) is 6.54 Å². The molecule has 24 heavy (non-hydrogen) atoms. The zero-order chi connectivity index (χ0) is 17.0. The molecule has 2 atom stereocenters.